The number of ether oxygens (including phenoxy) is 1. The largest absolute Gasteiger partial charge is 0.480 e. The molecule has 114 valence electrons. The first kappa shape index (κ1) is 14.4. The third kappa shape index (κ3) is 2.53. The fourth-order valence-electron chi connectivity index (χ4n) is 3.46. The van der Waals surface area contributed by atoms with Crippen molar-refractivity contribution in [1.82, 2.24) is 4.90 Å². The third-order valence-corrected chi connectivity index (χ3v) is 4.90. The molecule has 0 bridgehead atoms. The summed E-state index contributed by atoms with van der Waals surface area (Å²) < 4.78 is 5.91. The van der Waals surface area contributed by atoms with Crippen LogP contribution in [0, 0.1) is 19.8 Å². The number of carbonyl (C=O) groups is 1. The number of fused-ring (bicyclic) bond motifs is 1. The molecule has 0 spiro atoms. The predicted octanol–water partition coefficient (Wildman–Crippen LogP) is 1.80. The van der Waals surface area contributed by atoms with Crippen molar-refractivity contribution in [2.75, 3.05) is 13.1 Å². The van der Waals surface area contributed by atoms with Crippen molar-refractivity contribution in [1.29, 1.82) is 0 Å². The zero-order valence-corrected chi connectivity index (χ0v) is 13.1. The lowest BCUT2D eigenvalue weighted by Crippen LogP contribution is -2.43. The maximum Gasteiger partial charge on any atom is 0.264 e. The first-order chi connectivity index (χ1) is 9.99. The molecule has 3 unspecified atom stereocenters. The number of nitrogens with two attached hydrogens (primary N) is 1. The zero-order chi connectivity index (χ0) is 15.1. The van der Waals surface area contributed by atoms with Crippen molar-refractivity contribution in [3.05, 3.63) is 28.8 Å². The summed E-state index contributed by atoms with van der Waals surface area (Å²) in [5, 5.41) is 0. The molecular weight excluding hydrogens is 264 g/mol. The smallest absolute Gasteiger partial charge is 0.264 e. The lowest BCUT2D eigenvalue weighted by molar-refractivity contribution is -0.138. The van der Waals surface area contributed by atoms with Crippen molar-refractivity contribution in [2.24, 2.45) is 11.7 Å². The minimum atomic E-state index is -0.361. The number of benzene rings is 1. The van der Waals surface area contributed by atoms with Crippen LogP contribution in [0.2, 0.25) is 0 Å². The Morgan fingerprint density at radius 1 is 1.38 bits per heavy atom. The molecule has 1 saturated heterocycles. The van der Waals surface area contributed by atoms with Gasteiger partial charge in [-0.05, 0) is 62.4 Å². The van der Waals surface area contributed by atoms with E-state index in [1.54, 1.807) is 0 Å². The van der Waals surface area contributed by atoms with Gasteiger partial charge in [-0.15, -0.1) is 0 Å². The Bertz CT molecular complexity index is 539. The number of carbonyl (C=O) groups excluding carboxylic acids is 1. The number of hydrogen-bond donors (Lipinski definition) is 1. The molecule has 3 rings (SSSR count). The van der Waals surface area contributed by atoms with Gasteiger partial charge in [0.2, 0.25) is 0 Å². The van der Waals surface area contributed by atoms with Crippen molar-refractivity contribution >= 4 is 5.91 Å². The van der Waals surface area contributed by atoms with Gasteiger partial charge in [0, 0.05) is 19.0 Å². The van der Waals surface area contributed by atoms with Gasteiger partial charge in [0.15, 0.2) is 6.10 Å². The number of likely N-dealkylation sites (tertiary alicyclic amines) is 1. The minimum absolute atomic E-state index is 0.116. The maximum atomic E-state index is 12.7. The Balaban J connectivity index is 1.74. The van der Waals surface area contributed by atoms with Crippen LogP contribution in [0.4, 0.5) is 0 Å². The van der Waals surface area contributed by atoms with Crippen LogP contribution in [-0.2, 0) is 11.2 Å². The third-order valence-electron chi connectivity index (χ3n) is 4.90. The molecule has 1 fully saturated rings. The topological polar surface area (TPSA) is 55.6 Å². The molecule has 3 atom stereocenters. The fraction of sp³-hybridized carbons (Fsp3) is 0.588. The molecule has 2 aliphatic rings. The number of amides is 1. The van der Waals surface area contributed by atoms with E-state index >= 15 is 0 Å². The van der Waals surface area contributed by atoms with E-state index in [0.29, 0.717) is 18.9 Å². The highest BCUT2D eigenvalue weighted by Crippen LogP contribution is 2.33. The molecule has 2 N–H and O–H groups in total. The Morgan fingerprint density at radius 3 is 2.76 bits per heavy atom. The van der Waals surface area contributed by atoms with Crippen LogP contribution in [0.1, 0.15) is 30.0 Å². The van der Waals surface area contributed by atoms with E-state index < -0.39 is 0 Å². The lowest BCUT2D eigenvalue weighted by Gasteiger charge is -2.24. The van der Waals surface area contributed by atoms with Crippen LogP contribution in [-0.4, -0.2) is 36.0 Å². The van der Waals surface area contributed by atoms with Crippen LogP contribution < -0.4 is 10.5 Å². The van der Waals surface area contributed by atoms with Gasteiger partial charge in [0.25, 0.3) is 5.91 Å². The highest BCUT2D eigenvalue weighted by Gasteiger charge is 2.38. The van der Waals surface area contributed by atoms with E-state index in [1.165, 1.54) is 11.1 Å². The summed E-state index contributed by atoms with van der Waals surface area (Å²) >= 11 is 0. The molecule has 0 radical (unpaired) electrons. The normalized spacial score (nSPS) is 27.6. The Morgan fingerprint density at radius 2 is 2.10 bits per heavy atom. The van der Waals surface area contributed by atoms with E-state index in [0.717, 1.165) is 24.3 Å². The molecular formula is C17H24N2O2. The second-order valence-electron chi connectivity index (χ2n) is 6.53. The molecule has 1 amide bonds. The Hall–Kier alpha value is -1.55. The summed E-state index contributed by atoms with van der Waals surface area (Å²) in [6.07, 6.45) is 1.33. The van der Waals surface area contributed by atoms with Gasteiger partial charge in [0.05, 0.1) is 0 Å². The molecule has 1 aromatic rings. The standard InChI is InChI=1S/C17H24N2O2/c1-10-4-14-7-16(21-15(14)5-11(10)2)17(20)19-9-13(8-18)6-12(19)3/h4-5,12-13,16H,6-9,18H2,1-3H3. The molecule has 21 heavy (non-hydrogen) atoms. The number of aryl methyl sites for hydroxylation is 2. The minimum Gasteiger partial charge on any atom is -0.480 e. The molecule has 2 aliphatic heterocycles. The van der Waals surface area contributed by atoms with Gasteiger partial charge in [-0.25, -0.2) is 0 Å². The van der Waals surface area contributed by atoms with Gasteiger partial charge in [0.1, 0.15) is 5.75 Å². The Kier molecular flexibility index (Phi) is 3.66. The molecule has 2 heterocycles. The number of hydrogen-bond acceptors (Lipinski definition) is 3. The molecule has 0 saturated carbocycles. The van der Waals surface area contributed by atoms with E-state index in [-0.39, 0.29) is 18.1 Å². The SMILES string of the molecule is Cc1cc2c(cc1C)OC(C(=O)N1CC(CN)CC1C)C2. The number of nitrogens with zero attached hydrogens (tertiary/aromatic N) is 1. The summed E-state index contributed by atoms with van der Waals surface area (Å²) in [5.41, 5.74) is 9.36. The molecule has 4 heteroatoms. The van der Waals surface area contributed by atoms with Crippen LogP contribution in [0.3, 0.4) is 0 Å². The summed E-state index contributed by atoms with van der Waals surface area (Å²) in [4.78, 5) is 14.7. The van der Waals surface area contributed by atoms with Crippen LogP contribution >= 0.6 is 0 Å². The van der Waals surface area contributed by atoms with E-state index in [4.69, 9.17) is 10.5 Å². The van der Waals surface area contributed by atoms with Crippen LogP contribution in [0.15, 0.2) is 12.1 Å². The van der Waals surface area contributed by atoms with Crippen LogP contribution in [0.5, 0.6) is 5.75 Å². The van der Waals surface area contributed by atoms with Gasteiger partial charge in [-0.3, -0.25) is 4.79 Å². The first-order valence-electron chi connectivity index (χ1n) is 7.77. The van der Waals surface area contributed by atoms with E-state index in [9.17, 15) is 4.79 Å². The summed E-state index contributed by atoms with van der Waals surface area (Å²) in [7, 11) is 0. The molecule has 0 aromatic heterocycles. The first-order valence-corrected chi connectivity index (χ1v) is 7.77. The van der Waals surface area contributed by atoms with Crippen molar-refractivity contribution in [3.8, 4) is 5.75 Å². The fourth-order valence-corrected chi connectivity index (χ4v) is 3.46. The monoisotopic (exact) mass is 288 g/mol. The quantitative estimate of drug-likeness (QED) is 0.903. The van der Waals surface area contributed by atoms with Crippen molar-refractivity contribution in [3.63, 3.8) is 0 Å². The second kappa shape index (κ2) is 5.34. The summed E-state index contributed by atoms with van der Waals surface area (Å²) in [6.45, 7) is 7.69. The predicted molar refractivity (Wildman–Crippen MR) is 82.4 cm³/mol. The van der Waals surface area contributed by atoms with E-state index in [1.807, 2.05) is 11.0 Å². The second-order valence-corrected chi connectivity index (χ2v) is 6.53. The Labute approximate surface area is 126 Å². The highest BCUT2D eigenvalue weighted by atomic mass is 16.5. The van der Waals surface area contributed by atoms with E-state index in [2.05, 4.69) is 26.8 Å². The van der Waals surface area contributed by atoms with Gasteiger partial charge in [-0.1, -0.05) is 6.07 Å². The average molecular weight is 288 g/mol. The highest BCUT2D eigenvalue weighted by molar-refractivity contribution is 5.83. The zero-order valence-electron chi connectivity index (χ0n) is 13.1. The van der Waals surface area contributed by atoms with Crippen LogP contribution in [0.25, 0.3) is 0 Å². The van der Waals surface area contributed by atoms with Crippen molar-refractivity contribution < 1.29 is 9.53 Å². The average Bonchev–Trinajstić information content (AvgIpc) is 3.02. The maximum absolute atomic E-state index is 12.7. The van der Waals surface area contributed by atoms with Gasteiger partial charge >= 0.3 is 0 Å². The molecule has 1 aromatic carbocycles. The molecule has 0 aliphatic carbocycles. The van der Waals surface area contributed by atoms with Crippen molar-refractivity contribution in [2.45, 2.75) is 45.8 Å². The summed E-state index contributed by atoms with van der Waals surface area (Å²) in [5.74, 6) is 1.42. The molecule has 4 nitrogen and oxygen atoms in total. The summed E-state index contributed by atoms with van der Waals surface area (Å²) in [6, 6.07) is 4.46. The lowest BCUT2D eigenvalue weighted by atomic mass is 10.0. The van der Waals surface area contributed by atoms with Gasteiger partial charge in [-0.2, -0.15) is 0 Å². The number of rotatable bonds is 2. The van der Waals surface area contributed by atoms with Gasteiger partial charge < -0.3 is 15.4 Å².